The highest BCUT2D eigenvalue weighted by molar-refractivity contribution is 7.92. The topological polar surface area (TPSA) is 78.8 Å². The van der Waals surface area contributed by atoms with Crippen molar-refractivity contribution in [3.63, 3.8) is 0 Å². The predicted molar refractivity (Wildman–Crippen MR) is 117 cm³/mol. The van der Waals surface area contributed by atoms with E-state index in [4.69, 9.17) is 23.2 Å². The standard InChI is InChI=1S/C19H15Cl2N3O3S2/c20-14-9-15(21)11-16(10-14)24(29(26,27)18-6-2-1-3-7-18)13-19(25)23-22-12-17-5-4-8-28-17/h1-12H,13H2,(H,23,25)/b22-12-. The number of benzene rings is 2. The maximum atomic E-state index is 13.2. The number of hydrogen-bond donors (Lipinski definition) is 1. The van der Waals surface area contributed by atoms with Crippen molar-refractivity contribution in [3.05, 3.63) is 81.0 Å². The number of rotatable bonds is 7. The average Bonchev–Trinajstić information content (AvgIpc) is 3.19. The quantitative estimate of drug-likeness (QED) is 0.413. The van der Waals surface area contributed by atoms with Crippen LogP contribution in [0.5, 0.6) is 0 Å². The highest BCUT2D eigenvalue weighted by atomic mass is 35.5. The molecule has 0 saturated carbocycles. The Kier molecular flexibility index (Phi) is 6.92. The fraction of sp³-hybridized carbons (Fsp3) is 0.0526. The Balaban J connectivity index is 1.89. The highest BCUT2D eigenvalue weighted by Gasteiger charge is 2.27. The minimum atomic E-state index is -4.05. The lowest BCUT2D eigenvalue weighted by Gasteiger charge is -2.24. The molecule has 1 heterocycles. The van der Waals surface area contributed by atoms with Gasteiger partial charge in [0.2, 0.25) is 0 Å². The largest absolute Gasteiger partial charge is 0.271 e. The highest BCUT2D eigenvalue weighted by Crippen LogP contribution is 2.29. The SMILES string of the molecule is O=C(CN(c1cc(Cl)cc(Cl)c1)S(=O)(=O)c1ccccc1)N/N=C\c1cccs1. The van der Waals surface area contributed by atoms with Crippen LogP contribution in [0.1, 0.15) is 4.88 Å². The molecule has 1 N–H and O–H groups in total. The lowest BCUT2D eigenvalue weighted by atomic mass is 10.3. The van der Waals surface area contributed by atoms with Crippen molar-refractivity contribution < 1.29 is 13.2 Å². The molecule has 0 aliphatic heterocycles. The van der Waals surface area contributed by atoms with Crippen molar-refractivity contribution in [2.24, 2.45) is 5.10 Å². The molecule has 0 radical (unpaired) electrons. The van der Waals surface area contributed by atoms with Gasteiger partial charge in [-0.05, 0) is 41.8 Å². The molecular formula is C19H15Cl2N3O3S2. The summed E-state index contributed by atoms with van der Waals surface area (Å²) in [6, 6.07) is 15.8. The number of nitrogens with zero attached hydrogens (tertiary/aromatic N) is 2. The number of nitrogens with one attached hydrogen (secondary N) is 1. The average molecular weight is 468 g/mol. The van der Waals surface area contributed by atoms with E-state index in [1.165, 1.54) is 47.9 Å². The summed E-state index contributed by atoms with van der Waals surface area (Å²) in [5.74, 6) is -0.617. The third kappa shape index (κ3) is 5.57. The minimum Gasteiger partial charge on any atom is -0.271 e. The summed E-state index contributed by atoms with van der Waals surface area (Å²) in [7, 11) is -4.05. The summed E-state index contributed by atoms with van der Waals surface area (Å²) < 4.78 is 27.3. The van der Waals surface area contributed by atoms with Gasteiger partial charge in [-0.2, -0.15) is 5.10 Å². The normalized spacial score (nSPS) is 11.5. The van der Waals surface area contributed by atoms with Gasteiger partial charge >= 0.3 is 0 Å². The fourth-order valence-electron chi connectivity index (χ4n) is 2.42. The molecule has 0 spiro atoms. The molecule has 0 aliphatic rings. The molecule has 29 heavy (non-hydrogen) atoms. The zero-order chi connectivity index (χ0) is 20.9. The first-order valence-electron chi connectivity index (χ1n) is 8.25. The van der Waals surface area contributed by atoms with Crippen molar-refractivity contribution in [2.45, 2.75) is 4.90 Å². The molecule has 0 aliphatic carbocycles. The molecule has 0 unspecified atom stereocenters. The molecule has 1 aromatic heterocycles. The number of carbonyl (C=O) groups is 1. The van der Waals surface area contributed by atoms with Gasteiger partial charge in [0.1, 0.15) is 6.54 Å². The van der Waals surface area contributed by atoms with Gasteiger partial charge in [0.05, 0.1) is 16.8 Å². The van der Waals surface area contributed by atoms with E-state index in [2.05, 4.69) is 10.5 Å². The summed E-state index contributed by atoms with van der Waals surface area (Å²) >= 11 is 13.5. The molecule has 0 fully saturated rings. The second kappa shape index (κ2) is 9.41. The molecule has 1 amide bonds. The van der Waals surface area contributed by atoms with Gasteiger partial charge in [-0.3, -0.25) is 9.10 Å². The summed E-state index contributed by atoms with van der Waals surface area (Å²) in [6.07, 6.45) is 1.48. The van der Waals surface area contributed by atoms with Gasteiger partial charge in [-0.15, -0.1) is 11.3 Å². The number of hydrogen-bond acceptors (Lipinski definition) is 5. The smallest absolute Gasteiger partial charge is 0.264 e. The predicted octanol–water partition coefficient (Wildman–Crippen LogP) is 4.40. The van der Waals surface area contributed by atoms with E-state index in [0.29, 0.717) is 0 Å². The zero-order valence-corrected chi connectivity index (χ0v) is 18.0. The zero-order valence-electron chi connectivity index (χ0n) is 14.8. The van der Waals surface area contributed by atoms with Crippen LogP contribution in [-0.2, 0) is 14.8 Å². The van der Waals surface area contributed by atoms with Gasteiger partial charge in [0.15, 0.2) is 0 Å². The van der Waals surface area contributed by atoms with Crippen LogP contribution >= 0.6 is 34.5 Å². The number of carbonyl (C=O) groups excluding carboxylic acids is 1. The Hall–Kier alpha value is -2.39. The summed E-state index contributed by atoms with van der Waals surface area (Å²) in [6.45, 7) is -0.504. The van der Waals surface area contributed by atoms with Crippen molar-refractivity contribution in [3.8, 4) is 0 Å². The van der Waals surface area contributed by atoms with Crippen molar-refractivity contribution in [2.75, 3.05) is 10.8 Å². The summed E-state index contributed by atoms with van der Waals surface area (Å²) in [4.78, 5) is 13.3. The van der Waals surface area contributed by atoms with Gasteiger partial charge in [-0.1, -0.05) is 47.5 Å². The van der Waals surface area contributed by atoms with Crippen LogP contribution < -0.4 is 9.73 Å². The Bertz CT molecular complexity index is 1100. The first-order chi connectivity index (χ1) is 13.9. The van der Waals surface area contributed by atoms with Gasteiger partial charge in [-0.25, -0.2) is 13.8 Å². The Morgan fingerprint density at radius 3 is 2.38 bits per heavy atom. The number of hydrazone groups is 1. The maximum absolute atomic E-state index is 13.2. The van der Waals surface area contributed by atoms with Gasteiger partial charge in [0, 0.05) is 14.9 Å². The molecule has 10 heteroatoms. The van der Waals surface area contributed by atoms with E-state index in [-0.39, 0.29) is 20.6 Å². The number of thiophene rings is 1. The van der Waals surface area contributed by atoms with Crippen molar-refractivity contribution in [1.29, 1.82) is 0 Å². The molecule has 2 aromatic carbocycles. The Morgan fingerprint density at radius 1 is 1.07 bits per heavy atom. The molecule has 0 saturated heterocycles. The lowest BCUT2D eigenvalue weighted by Crippen LogP contribution is -2.39. The monoisotopic (exact) mass is 467 g/mol. The first-order valence-corrected chi connectivity index (χ1v) is 11.3. The summed E-state index contributed by atoms with van der Waals surface area (Å²) in [5.41, 5.74) is 2.51. The van der Waals surface area contributed by atoms with Crippen LogP contribution in [0.15, 0.2) is 76.0 Å². The minimum absolute atomic E-state index is 0.0333. The van der Waals surface area contributed by atoms with Crippen LogP contribution in [0.2, 0.25) is 10.0 Å². The van der Waals surface area contributed by atoms with E-state index in [0.717, 1.165) is 9.18 Å². The first kappa shape index (κ1) is 21.3. The lowest BCUT2D eigenvalue weighted by molar-refractivity contribution is -0.119. The summed E-state index contributed by atoms with van der Waals surface area (Å²) in [5, 5.41) is 6.23. The maximum Gasteiger partial charge on any atom is 0.264 e. The van der Waals surface area contributed by atoms with Gasteiger partial charge in [0.25, 0.3) is 15.9 Å². The van der Waals surface area contributed by atoms with Crippen molar-refractivity contribution >= 4 is 62.4 Å². The molecule has 0 atom stereocenters. The molecule has 0 bridgehead atoms. The van der Waals surface area contributed by atoms with Crippen LogP contribution in [0.4, 0.5) is 5.69 Å². The van der Waals surface area contributed by atoms with Crippen molar-refractivity contribution in [1.82, 2.24) is 5.43 Å². The fourth-order valence-corrected chi connectivity index (χ4v) is 4.94. The van der Waals surface area contributed by atoms with E-state index >= 15 is 0 Å². The molecule has 6 nitrogen and oxygen atoms in total. The molecule has 3 aromatic rings. The Morgan fingerprint density at radius 2 is 1.76 bits per heavy atom. The van der Waals surface area contributed by atoms with Crippen LogP contribution in [0, 0.1) is 0 Å². The van der Waals surface area contributed by atoms with Crippen LogP contribution in [-0.4, -0.2) is 27.1 Å². The van der Waals surface area contributed by atoms with E-state index in [1.54, 1.807) is 18.2 Å². The second-order valence-electron chi connectivity index (χ2n) is 5.76. The van der Waals surface area contributed by atoms with Gasteiger partial charge < -0.3 is 0 Å². The number of halogens is 2. The van der Waals surface area contributed by atoms with E-state index in [1.807, 2.05) is 17.5 Å². The second-order valence-corrected chi connectivity index (χ2v) is 9.48. The number of anilines is 1. The molecule has 150 valence electrons. The third-order valence-corrected chi connectivity index (χ3v) is 6.71. The van der Waals surface area contributed by atoms with E-state index in [9.17, 15) is 13.2 Å². The third-order valence-electron chi connectivity index (χ3n) is 3.68. The number of sulfonamides is 1. The van der Waals surface area contributed by atoms with Crippen LogP contribution in [0.3, 0.4) is 0 Å². The molecular weight excluding hydrogens is 453 g/mol. The van der Waals surface area contributed by atoms with Crippen LogP contribution in [0.25, 0.3) is 0 Å². The number of amides is 1. The Labute approximate surface area is 182 Å². The van der Waals surface area contributed by atoms with E-state index < -0.39 is 22.5 Å². The molecule has 3 rings (SSSR count).